The van der Waals surface area contributed by atoms with E-state index in [2.05, 4.69) is 9.97 Å². The number of likely N-dealkylation sites (N-methyl/N-ethyl adjacent to an activating group) is 2. The van der Waals surface area contributed by atoms with Crippen molar-refractivity contribution in [3.63, 3.8) is 0 Å². The van der Waals surface area contributed by atoms with Gasteiger partial charge in [0.25, 0.3) is 28.8 Å². The fourth-order valence-electron chi connectivity index (χ4n) is 7.14. The van der Waals surface area contributed by atoms with Crippen LogP contribution in [0.3, 0.4) is 0 Å². The Morgan fingerprint density at radius 2 is 1.11 bits per heavy atom. The predicted octanol–water partition coefficient (Wildman–Crippen LogP) is 8.44. The van der Waals surface area contributed by atoms with Crippen LogP contribution in [0, 0.1) is 0 Å². The quantitative estimate of drug-likeness (QED) is 0.116. The van der Waals surface area contributed by atoms with E-state index in [1.165, 1.54) is 92.5 Å². The zero-order valence-corrected chi connectivity index (χ0v) is 36.7. The minimum atomic E-state index is -0.521. The monoisotopic (exact) mass is 918 g/mol. The standard InChI is InChI=1S/C41H26N8O6S6/c1-45-21-13-5-7-15-23(21)57-41(45)55-29-32-30(58-38(60-32)26-34(50)46(2)48(36(26)52)24-16-8-10-18-42-24)28(54-40-44-20-12-4-6-14-22(20)56-40)31-33(29)61-39(59-31)27-35(51)47(3)49(37(27)53)25-17-9-11-19-43-25/h4-19,41H,1-3H3/b38-26-,39-27+. The van der Waals surface area contributed by atoms with Crippen molar-refractivity contribution in [1.82, 2.24) is 25.0 Å². The molecule has 3 aromatic carbocycles. The van der Waals surface area contributed by atoms with Crippen molar-refractivity contribution in [2.24, 2.45) is 0 Å². The van der Waals surface area contributed by atoms with Crippen LogP contribution in [0.2, 0.25) is 0 Å². The fraction of sp³-hybridized carbons (Fsp3) is 0.0976. The number of para-hydroxylation sites is 2. The molecule has 302 valence electrons. The SMILES string of the molecule is CN1c2ccccc2SC1Oc1c2c(c(Oc3nc4ccccc4s3)c3c1S/C(=C1/C(=O)N(C)N(c4ccccn4)C1=O)S3)S/C(=C1/C(=O)N(C)N(c3ccccn3)C1=O)S2. The van der Waals surface area contributed by atoms with E-state index >= 15 is 0 Å². The largest absolute Gasteiger partial charge is 0.458 e. The molecule has 20 heteroatoms. The number of rotatable bonds is 6. The van der Waals surface area contributed by atoms with E-state index in [-0.39, 0.29) is 11.1 Å². The second-order valence-electron chi connectivity index (χ2n) is 13.6. The molecule has 2 fully saturated rings. The molecule has 0 radical (unpaired) electrons. The number of fused-ring (bicyclic) bond motifs is 4. The molecule has 1 unspecified atom stereocenters. The highest BCUT2D eigenvalue weighted by atomic mass is 32.2. The molecule has 0 N–H and O–H groups in total. The van der Waals surface area contributed by atoms with Crippen molar-refractivity contribution in [3.05, 3.63) is 117 Å². The molecule has 5 aliphatic rings. The molecule has 0 bridgehead atoms. The van der Waals surface area contributed by atoms with Crippen LogP contribution in [0.5, 0.6) is 16.7 Å². The van der Waals surface area contributed by atoms with Crippen LogP contribution in [-0.2, 0) is 19.2 Å². The van der Waals surface area contributed by atoms with Crippen LogP contribution < -0.4 is 24.4 Å². The smallest absolute Gasteiger partial charge is 0.286 e. The molecule has 14 nitrogen and oxygen atoms in total. The zero-order valence-electron chi connectivity index (χ0n) is 31.8. The van der Waals surface area contributed by atoms with Crippen LogP contribution in [0.25, 0.3) is 10.2 Å². The Morgan fingerprint density at radius 1 is 0.590 bits per heavy atom. The lowest BCUT2D eigenvalue weighted by molar-refractivity contribution is -0.124. The number of hydrogen-bond acceptors (Lipinski definition) is 16. The minimum absolute atomic E-state index is 0.0147. The highest BCUT2D eigenvalue weighted by Gasteiger charge is 2.49. The summed E-state index contributed by atoms with van der Waals surface area (Å²) in [7, 11) is 5.03. The van der Waals surface area contributed by atoms with Crippen LogP contribution in [0.15, 0.2) is 141 Å². The first-order valence-electron chi connectivity index (χ1n) is 18.4. The zero-order chi connectivity index (χ0) is 41.7. The number of hydrazine groups is 2. The van der Waals surface area contributed by atoms with E-state index in [1.54, 1.807) is 60.6 Å². The lowest BCUT2D eigenvalue weighted by Gasteiger charge is -2.25. The average Bonchev–Trinajstić information content (AvgIpc) is 4.12. The molecule has 6 aromatic rings. The average molecular weight is 919 g/mol. The van der Waals surface area contributed by atoms with Gasteiger partial charge in [-0.1, -0.05) is 107 Å². The number of anilines is 3. The number of amides is 4. The van der Waals surface area contributed by atoms with Crippen LogP contribution in [0.4, 0.5) is 17.3 Å². The Morgan fingerprint density at radius 3 is 1.66 bits per heavy atom. The Bertz CT molecular complexity index is 2820. The number of thiazole rings is 1. The molecule has 61 heavy (non-hydrogen) atoms. The van der Waals surface area contributed by atoms with Crippen molar-refractivity contribution < 1.29 is 28.7 Å². The van der Waals surface area contributed by atoms with Gasteiger partial charge in [-0.2, -0.15) is 10.0 Å². The fourth-order valence-corrected chi connectivity index (χ4v) is 14.6. The third-order valence-electron chi connectivity index (χ3n) is 10.1. The van der Waals surface area contributed by atoms with Gasteiger partial charge in [0.05, 0.1) is 44.0 Å². The summed E-state index contributed by atoms with van der Waals surface area (Å²) in [6.07, 6.45) is 3.13. The van der Waals surface area contributed by atoms with E-state index in [1.807, 2.05) is 60.5 Å². The van der Waals surface area contributed by atoms with Gasteiger partial charge in [0.15, 0.2) is 23.1 Å². The van der Waals surface area contributed by atoms with Gasteiger partial charge in [-0.15, -0.1) is 0 Å². The molecular formula is C41H26N8O6S6. The molecule has 0 saturated carbocycles. The van der Waals surface area contributed by atoms with Crippen molar-refractivity contribution >= 4 is 121 Å². The normalized spacial score (nSPS) is 20.8. The van der Waals surface area contributed by atoms with E-state index < -0.39 is 29.2 Å². The van der Waals surface area contributed by atoms with Crippen LogP contribution >= 0.6 is 70.1 Å². The Hall–Kier alpha value is -5.64. The maximum atomic E-state index is 14.2. The number of aromatic nitrogens is 3. The Kier molecular flexibility index (Phi) is 9.27. The third kappa shape index (κ3) is 6.10. The van der Waals surface area contributed by atoms with Gasteiger partial charge in [0, 0.05) is 38.4 Å². The number of carbonyl (C=O) groups is 4. The maximum Gasteiger partial charge on any atom is 0.286 e. The van der Waals surface area contributed by atoms with E-state index in [0.29, 0.717) is 56.4 Å². The van der Waals surface area contributed by atoms with Gasteiger partial charge in [0.1, 0.15) is 11.1 Å². The second-order valence-corrected chi connectivity index (χ2v) is 20.3. The predicted molar refractivity (Wildman–Crippen MR) is 238 cm³/mol. The Labute approximate surface area is 372 Å². The van der Waals surface area contributed by atoms with Crippen LogP contribution in [0.1, 0.15) is 0 Å². The summed E-state index contributed by atoms with van der Waals surface area (Å²) >= 11 is 7.86. The lowest BCUT2D eigenvalue weighted by Crippen LogP contribution is -2.38. The number of hydrogen-bond donors (Lipinski definition) is 0. The van der Waals surface area contributed by atoms with Crippen molar-refractivity contribution in [3.8, 4) is 16.7 Å². The van der Waals surface area contributed by atoms with Gasteiger partial charge < -0.3 is 14.4 Å². The van der Waals surface area contributed by atoms with Gasteiger partial charge in [0.2, 0.25) is 5.56 Å². The summed E-state index contributed by atoms with van der Waals surface area (Å²) in [6.45, 7) is 0. The summed E-state index contributed by atoms with van der Waals surface area (Å²) in [4.78, 5) is 75.5. The number of benzene rings is 3. The van der Waals surface area contributed by atoms with Gasteiger partial charge in [-0.3, -0.25) is 19.2 Å². The lowest BCUT2D eigenvalue weighted by atomic mass is 10.3. The molecule has 11 rings (SSSR count). The topological polar surface area (TPSA) is 142 Å². The molecule has 4 amide bonds. The summed E-state index contributed by atoms with van der Waals surface area (Å²) in [5.41, 5.74) is 1.20. The summed E-state index contributed by atoms with van der Waals surface area (Å²) in [5, 5.41) is 5.41. The summed E-state index contributed by atoms with van der Waals surface area (Å²) < 4.78 is 15.7. The number of ether oxygens (including phenoxy) is 2. The first-order valence-corrected chi connectivity index (χ1v) is 23.3. The van der Waals surface area contributed by atoms with Gasteiger partial charge >= 0.3 is 0 Å². The second kappa shape index (κ2) is 14.8. The van der Waals surface area contributed by atoms with Gasteiger partial charge in [-0.25, -0.2) is 25.0 Å². The molecule has 3 aromatic heterocycles. The molecule has 0 aliphatic carbocycles. The Balaban J connectivity index is 1.08. The maximum absolute atomic E-state index is 14.2. The van der Waals surface area contributed by atoms with E-state index in [0.717, 1.165) is 20.8 Å². The third-order valence-corrected chi connectivity index (χ3v) is 17.4. The molecule has 2 saturated heterocycles. The number of thioether (sulfide) groups is 5. The van der Waals surface area contributed by atoms with Crippen molar-refractivity contribution in [2.45, 2.75) is 30.0 Å². The van der Waals surface area contributed by atoms with Crippen molar-refractivity contribution in [2.75, 3.05) is 36.1 Å². The molecule has 1 atom stereocenters. The molecule has 0 spiro atoms. The first kappa shape index (κ1) is 38.3. The number of nitrogens with zero attached hydrogens (tertiary/aromatic N) is 8. The number of pyridine rings is 2. The minimum Gasteiger partial charge on any atom is -0.458 e. The van der Waals surface area contributed by atoms with Crippen LogP contribution in [-0.4, -0.2) is 75.3 Å². The summed E-state index contributed by atoms with van der Waals surface area (Å²) in [6, 6.07) is 26.0. The number of carbonyl (C=O) groups excluding carboxylic acids is 4. The van der Waals surface area contributed by atoms with Gasteiger partial charge in [-0.05, 0) is 48.5 Å². The van der Waals surface area contributed by atoms with E-state index in [9.17, 15) is 19.2 Å². The van der Waals surface area contributed by atoms with E-state index in [4.69, 9.17) is 14.5 Å². The first-order chi connectivity index (χ1) is 29.7. The highest BCUT2D eigenvalue weighted by Crippen LogP contribution is 2.70. The molecule has 8 heterocycles. The highest BCUT2D eigenvalue weighted by molar-refractivity contribution is 8.26. The van der Waals surface area contributed by atoms with Crippen molar-refractivity contribution in [1.29, 1.82) is 0 Å². The molecular weight excluding hydrogens is 893 g/mol. The summed E-state index contributed by atoms with van der Waals surface area (Å²) in [5.74, 6) is -0.535. The molecule has 5 aliphatic heterocycles.